The van der Waals surface area contributed by atoms with Crippen molar-refractivity contribution in [2.24, 2.45) is 0 Å². The van der Waals surface area contributed by atoms with Crippen LogP contribution in [0.15, 0.2) is 12.1 Å². The largest absolute Gasteiger partial charge is 0.455 e. The molecule has 23 heavy (non-hydrogen) atoms. The Hall–Kier alpha value is -1.23. The number of carbonyl (C=O) groups excluding carboxylic acids is 2. The van der Waals surface area contributed by atoms with Crippen LogP contribution in [-0.2, 0) is 20.1 Å². The van der Waals surface area contributed by atoms with Crippen molar-refractivity contribution < 1.29 is 14.3 Å². The average Bonchev–Trinajstić information content (AvgIpc) is 3.15. The molecule has 1 saturated carbocycles. The fraction of sp³-hybridized carbons (Fsp3) is 0.533. The highest BCUT2D eigenvalue weighted by atomic mass is 35.5. The van der Waals surface area contributed by atoms with Gasteiger partial charge in [0.15, 0.2) is 6.61 Å². The summed E-state index contributed by atoms with van der Waals surface area (Å²) in [5.41, 5.74) is -0.781. The number of nitrogens with zero attached hydrogens (tertiary/aromatic N) is 1. The highest BCUT2D eigenvalue weighted by Gasteiger charge is 2.35. The number of esters is 1. The van der Waals surface area contributed by atoms with Gasteiger partial charge in [-0.1, -0.05) is 11.6 Å². The number of amides is 1. The van der Waals surface area contributed by atoms with Gasteiger partial charge in [-0.05, 0) is 37.8 Å². The molecule has 0 radical (unpaired) electrons. The summed E-state index contributed by atoms with van der Waals surface area (Å²) in [7, 11) is 0. The summed E-state index contributed by atoms with van der Waals surface area (Å²) in [5.74, 6) is -0.00957. The molecule has 5 nitrogen and oxygen atoms in total. The maximum absolute atomic E-state index is 11.8. The Morgan fingerprint density at radius 2 is 2.17 bits per heavy atom. The van der Waals surface area contributed by atoms with Crippen LogP contribution in [0.5, 0.6) is 0 Å². The lowest BCUT2D eigenvalue weighted by atomic mass is 10.00. The minimum Gasteiger partial charge on any atom is -0.455 e. The summed E-state index contributed by atoms with van der Waals surface area (Å²) < 4.78 is 5.66. The first-order valence-electron chi connectivity index (χ1n) is 7.23. The Morgan fingerprint density at radius 1 is 1.43 bits per heavy atom. The number of ether oxygens (including phenoxy) is 1. The van der Waals surface area contributed by atoms with E-state index in [1.807, 2.05) is 12.1 Å². The van der Waals surface area contributed by atoms with Crippen molar-refractivity contribution in [2.45, 2.75) is 37.0 Å². The molecule has 1 aromatic heterocycles. The van der Waals surface area contributed by atoms with Gasteiger partial charge in [0.05, 0.1) is 16.2 Å². The van der Waals surface area contributed by atoms with Crippen molar-refractivity contribution in [2.75, 3.05) is 12.4 Å². The van der Waals surface area contributed by atoms with E-state index in [0.29, 0.717) is 18.6 Å². The second-order valence-electron chi connectivity index (χ2n) is 5.31. The van der Waals surface area contributed by atoms with Crippen LogP contribution in [0.25, 0.3) is 0 Å². The molecule has 1 fully saturated rings. The summed E-state index contributed by atoms with van der Waals surface area (Å²) in [4.78, 5) is 24.5. The number of thioether (sulfide) groups is 1. The Labute approximate surface area is 148 Å². The zero-order valence-electron chi connectivity index (χ0n) is 12.5. The van der Waals surface area contributed by atoms with E-state index in [1.165, 1.54) is 23.1 Å². The topological polar surface area (TPSA) is 79.2 Å². The minimum atomic E-state index is -0.781. The maximum Gasteiger partial charge on any atom is 0.316 e. The van der Waals surface area contributed by atoms with Crippen LogP contribution in [0.4, 0.5) is 0 Å². The number of nitrogens with one attached hydrogen (secondary N) is 1. The van der Waals surface area contributed by atoms with Crippen LogP contribution >= 0.6 is 34.7 Å². The Kier molecular flexibility index (Phi) is 6.75. The third-order valence-electron chi connectivity index (χ3n) is 3.51. The molecule has 0 saturated heterocycles. The molecule has 0 aliphatic heterocycles. The minimum absolute atomic E-state index is 0.173. The molecule has 124 valence electrons. The van der Waals surface area contributed by atoms with Gasteiger partial charge < -0.3 is 10.1 Å². The maximum atomic E-state index is 11.8. The van der Waals surface area contributed by atoms with E-state index in [4.69, 9.17) is 16.3 Å². The molecular weight excluding hydrogens is 356 g/mol. The lowest BCUT2D eigenvalue weighted by Gasteiger charge is -2.21. The SMILES string of the molecule is N#CC1(NC(=O)COC(=O)CSCc2ccc(Cl)s2)CCCC1. The summed E-state index contributed by atoms with van der Waals surface area (Å²) in [6.07, 6.45) is 3.17. The van der Waals surface area contributed by atoms with Crippen LogP contribution in [0, 0.1) is 11.3 Å². The predicted octanol–water partition coefficient (Wildman–Crippen LogP) is 3.13. The molecule has 1 aliphatic rings. The average molecular weight is 373 g/mol. The molecular formula is C15H17ClN2O3S2. The van der Waals surface area contributed by atoms with Crippen molar-refractivity contribution in [1.29, 1.82) is 5.26 Å². The molecule has 0 atom stereocenters. The van der Waals surface area contributed by atoms with Gasteiger partial charge in [-0.3, -0.25) is 9.59 Å². The molecule has 1 heterocycles. The first-order chi connectivity index (χ1) is 11.0. The van der Waals surface area contributed by atoms with Crippen molar-refractivity contribution in [1.82, 2.24) is 5.32 Å². The van der Waals surface area contributed by atoms with Crippen molar-refractivity contribution in [3.63, 3.8) is 0 Å². The van der Waals surface area contributed by atoms with E-state index >= 15 is 0 Å². The smallest absolute Gasteiger partial charge is 0.316 e. The first-order valence-corrected chi connectivity index (χ1v) is 9.58. The van der Waals surface area contributed by atoms with Gasteiger partial charge >= 0.3 is 5.97 Å². The zero-order valence-corrected chi connectivity index (χ0v) is 14.9. The van der Waals surface area contributed by atoms with Gasteiger partial charge in [0.25, 0.3) is 5.91 Å². The number of halogens is 1. The van der Waals surface area contributed by atoms with Crippen LogP contribution in [0.2, 0.25) is 4.34 Å². The van der Waals surface area contributed by atoms with Gasteiger partial charge in [-0.25, -0.2) is 0 Å². The van der Waals surface area contributed by atoms with Gasteiger partial charge in [0, 0.05) is 10.6 Å². The van der Waals surface area contributed by atoms with E-state index in [2.05, 4.69) is 11.4 Å². The molecule has 1 N–H and O–H groups in total. The number of hydrogen-bond acceptors (Lipinski definition) is 6. The fourth-order valence-electron chi connectivity index (χ4n) is 2.40. The van der Waals surface area contributed by atoms with E-state index in [-0.39, 0.29) is 12.4 Å². The number of nitriles is 1. The number of rotatable bonds is 7. The molecule has 1 amide bonds. The fourth-order valence-corrected chi connectivity index (χ4v) is 4.42. The highest BCUT2D eigenvalue weighted by molar-refractivity contribution is 7.99. The third-order valence-corrected chi connectivity index (χ3v) is 5.88. The second kappa shape index (κ2) is 8.57. The van der Waals surface area contributed by atoms with Crippen molar-refractivity contribution in [3.05, 3.63) is 21.3 Å². The van der Waals surface area contributed by atoms with Gasteiger partial charge in [0.2, 0.25) is 0 Å². The summed E-state index contributed by atoms with van der Waals surface area (Å²) >= 11 is 8.71. The summed E-state index contributed by atoms with van der Waals surface area (Å²) in [6.45, 7) is -0.340. The molecule has 0 bridgehead atoms. The lowest BCUT2D eigenvalue weighted by molar-refractivity contribution is -0.146. The Bertz CT molecular complexity index is 606. The quantitative estimate of drug-likeness (QED) is 0.744. The van der Waals surface area contributed by atoms with Crippen LogP contribution in [0.1, 0.15) is 30.6 Å². The standard InChI is InChI=1S/C15H17ClN2O3S2/c16-12-4-3-11(23-12)8-22-9-14(20)21-7-13(19)18-15(10-17)5-1-2-6-15/h3-4H,1-2,5-9H2,(H,18,19). The number of hydrogen-bond donors (Lipinski definition) is 1. The Balaban J connectivity index is 1.64. The molecule has 2 rings (SSSR count). The van der Waals surface area contributed by atoms with E-state index in [1.54, 1.807) is 0 Å². The second-order valence-corrected chi connectivity index (χ2v) is 8.09. The van der Waals surface area contributed by atoms with Crippen molar-refractivity contribution in [3.8, 4) is 6.07 Å². The van der Waals surface area contributed by atoms with Gasteiger partial charge in [-0.2, -0.15) is 5.26 Å². The summed E-state index contributed by atoms with van der Waals surface area (Å²) in [5, 5.41) is 11.9. The zero-order chi connectivity index (χ0) is 16.7. The van der Waals surface area contributed by atoms with Gasteiger partial charge in [-0.15, -0.1) is 23.1 Å². The van der Waals surface area contributed by atoms with Crippen molar-refractivity contribution >= 4 is 46.6 Å². The molecule has 0 unspecified atom stereocenters. The molecule has 8 heteroatoms. The lowest BCUT2D eigenvalue weighted by Crippen LogP contribution is -2.46. The molecule has 1 aromatic rings. The summed E-state index contributed by atoms with van der Waals surface area (Å²) in [6, 6.07) is 5.90. The third kappa shape index (κ3) is 5.72. The van der Waals surface area contributed by atoms with Gasteiger partial charge in [0.1, 0.15) is 5.54 Å². The predicted molar refractivity (Wildman–Crippen MR) is 91.4 cm³/mol. The first kappa shape index (κ1) is 18.1. The van der Waals surface area contributed by atoms with E-state index in [9.17, 15) is 14.9 Å². The number of carbonyl (C=O) groups is 2. The Morgan fingerprint density at radius 3 is 2.78 bits per heavy atom. The van der Waals surface area contributed by atoms with E-state index in [0.717, 1.165) is 22.1 Å². The molecule has 0 spiro atoms. The number of thiophene rings is 1. The molecule has 1 aliphatic carbocycles. The monoisotopic (exact) mass is 372 g/mol. The van der Waals surface area contributed by atoms with Crippen LogP contribution in [-0.4, -0.2) is 29.8 Å². The van der Waals surface area contributed by atoms with Crippen LogP contribution in [0.3, 0.4) is 0 Å². The normalized spacial score (nSPS) is 15.8. The molecule has 0 aromatic carbocycles. The van der Waals surface area contributed by atoms with E-state index < -0.39 is 17.4 Å². The highest BCUT2D eigenvalue weighted by Crippen LogP contribution is 2.28. The van der Waals surface area contributed by atoms with Crippen LogP contribution < -0.4 is 5.32 Å².